The summed E-state index contributed by atoms with van der Waals surface area (Å²) in [4.78, 5) is 4.88. The molecule has 1 aliphatic heterocycles. The Morgan fingerprint density at radius 3 is 2.50 bits per heavy atom. The zero-order valence-electron chi connectivity index (χ0n) is 18.0. The van der Waals surface area contributed by atoms with Crippen molar-refractivity contribution >= 4 is 16.5 Å². The molecule has 0 bridgehead atoms. The average Bonchev–Trinajstić information content (AvgIpc) is 3.42. The summed E-state index contributed by atoms with van der Waals surface area (Å²) in [5.74, 6) is 0.725. The van der Waals surface area contributed by atoms with E-state index in [0.717, 1.165) is 62.0 Å². The average molecular weight is 425 g/mol. The highest BCUT2D eigenvalue weighted by atomic mass is 32.1. The molecule has 3 aromatic rings. The highest BCUT2D eigenvalue weighted by Gasteiger charge is 2.21. The molecule has 7 heteroatoms. The smallest absolute Gasteiger partial charge is 0.218 e. The number of nitrogens with zero attached hydrogens (tertiary/aromatic N) is 5. The monoisotopic (exact) mass is 424 g/mol. The Morgan fingerprint density at radius 1 is 0.967 bits per heavy atom. The molecular weight excluding hydrogens is 392 g/mol. The molecular formula is C23H32N6S. The molecule has 0 saturated carbocycles. The standard InChI is InChI=1S/C23H32N6S/c1-19(2)10-11-24-17-21-9-6-12-29(21)23-26-25-22(30-23)28-15-13-27(14-16-28)18-20-7-4-3-5-8-20/h3-9,12,19,24H,10-11,13-18H2,1-2H3. The van der Waals surface area contributed by atoms with Gasteiger partial charge in [-0.2, -0.15) is 0 Å². The highest BCUT2D eigenvalue weighted by molar-refractivity contribution is 7.17. The van der Waals surface area contributed by atoms with Crippen LogP contribution >= 0.6 is 11.3 Å². The molecule has 1 aromatic carbocycles. The predicted molar refractivity (Wildman–Crippen MR) is 124 cm³/mol. The lowest BCUT2D eigenvalue weighted by Gasteiger charge is -2.34. The number of hydrogen-bond donors (Lipinski definition) is 1. The number of benzene rings is 1. The Balaban J connectivity index is 1.31. The molecule has 2 aromatic heterocycles. The van der Waals surface area contributed by atoms with Gasteiger partial charge in [0.1, 0.15) is 0 Å². The van der Waals surface area contributed by atoms with Gasteiger partial charge in [0, 0.05) is 51.2 Å². The predicted octanol–water partition coefficient (Wildman–Crippen LogP) is 3.79. The van der Waals surface area contributed by atoms with Crippen molar-refractivity contribution in [1.29, 1.82) is 0 Å². The Kier molecular flexibility index (Phi) is 7.15. The summed E-state index contributed by atoms with van der Waals surface area (Å²) in [5, 5.41) is 14.5. The molecule has 1 saturated heterocycles. The van der Waals surface area contributed by atoms with E-state index in [4.69, 9.17) is 0 Å². The maximum absolute atomic E-state index is 4.50. The van der Waals surface area contributed by atoms with E-state index >= 15 is 0 Å². The van der Waals surface area contributed by atoms with Gasteiger partial charge in [-0.3, -0.25) is 9.47 Å². The SMILES string of the molecule is CC(C)CCNCc1cccn1-c1nnc(N2CCN(Cc3ccccc3)CC2)s1. The molecule has 3 heterocycles. The lowest BCUT2D eigenvalue weighted by molar-refractivity contribution is 0.249. The topological polar surface area (TPSA) is 49.2 Å². The first-order chi connectivity index (χ1) is 14.7. The van der Waals surface area contributed by atoms with Crippen molar-refractivity contribution in [1.82, 2.24) is 25.0 Å². The van der Waals surface area contributed by atoms with Crippen LogP contribution in [0, 0.1) is 5.92 Å². The number of aromatic nitrogens is 3. The van der Waals surface area contributed by atoms with E-state index in [9.17, 15) is 0 Å². The summed E-state index contributed by atoms with van der Waals surface area (Å²) in [7, 11) is 0. The maximum atomic E-state index is 4.50. The molecule has 1 aliphatic rings. The van der Waals surface area contributed by atoms with Crippen molar-refractivity contribution in [3.05, 3.63) is 59.9 Å². The van der Waals surface area contributed by atoms with Crippen LogP contribution in [0.2, 0.25) is 0 Å². The molecule has 1 N–H and O–H groups in total. The Morgan fingerprint density at radius 2 is 1.73 bits per heavy atom. The zero-order valence-corrected chi connectivity index (χ0v) is 18.8. The molecule has 160 valence electrons. The molecule has 6 nitrogen and oxygen atoms in total. The van der Waals surface area contributed by atoms with Gasteiger partial charge >= 0.3 is 0 Å². The summed E-state index contributed by atoms with van der Waals surface area (Å²) in [6.07, 6.45) is 3.28. The van der Waals surface area contributed by atoms with Crippen LogP contribution in [0.15, 0.2) is 48.7 Å². The van der Waals surface area contributed by atoms with Crippen molar-refractivity contribution in [2.75, 3.05) is 37.6 Å². The minimum Gasteiger partial charge on any atom is -0.344 e. The van der Waals surface area contributed by atoms with Gasteiger partial charge in [0.15, 0.2) is 0 Å². The first kappa shape index (κ1) is 21.0. The Bertz CT molecular complexity index is 895. The molecule has 4 rings (SSSR count). The summed E-state index contributed by atoms with van der Waals surface area (Å²) in [6.45, 7) is 11.5. The number of hydrogen-bond acceptors (Lipinski definition) is 6. The number of anilines is 1. The van der Waals surface area contributed by atoms with Crippen LogP contribution in [0.1, 0.15) is 31.5 Å². The lowest BCUT2D eigenvalue weighted by atomic mass is 10.1. The first-order valence-electron chi connectivity index (χ1n) is 10.9. The Hall–Kier alpha value is -2.22. The van der Waals surface area contributed by atoms with Crippen LogP contribution < -0.4 is 10.2 Å². The summed E-state index contributed by atoms with van der Waals surface area (Å²) < 4.78 is 2.16. The summed E-state index contributed by atoms with van der Waals surface area (Å²) >= 11 is 1.68. The number of rotatable bonds is 9. The van der Waals surface area contributed by atoms with Crippen molar-refractivity contribution < 1.29 is 0 Å². The highest BCUT2D eigenvalue weighted by Crippen LogP contribution is 2.25. The maximum Gasteiger partial charge on any atom is 0.218 e. The molecule has 0 aliphatic carbocycles. The fraction of sp³-hybridized carbons (Fsp3) is 0.478. The third-order valence-electron chi connectivity index (χ3n) is 5.54. The van der Waals surface area contributed by atoms with Crippen LogP contribution in [0.25, 0.3) is 5.13 Å². The van der Waals surface area contributed by atoms with E-state index in [1.165, 1.54) is 17.7 Å². The second-order valence-corrected chi connectivity index (χ2v) is 9.28. The largest absolute Gasteiger partial charge is 0.344 e. The molecule has 0 spiro atoms. The van der Waals surface area contributed by atoms with E-state index in [0.29, 0.717) is 0 Å². The van der Waals surface area contributed by atoms with E-state index in [1.807, 2.05) is 0 Å². The second-order valence-electron chi connectivity index (χ2n) is 8.34. The van der Waals surface area contributed by atoms with Crippen LogP contribution in [-0.2, 0) is 13.1 Å². The van der Waals surface area contributed by atoms with Crippen molar-refractivity contribution in [3.8, 4) is 5.13 Å². The van der Waals surface area contributed by atoms with Crippen LogP contribution in [0.3, 0.4) is 0 Å². The fourth-order valence-corrected chi connectivity index (χ4v) is 4.64. The Labute approximate surface area is 183 Å². The van der Waals surface area contributed by atoms with Gasteiger partial charge in [-0.15, -0.1) is 10.2 Å². The van der Waals surface area contributed by atoms with E-state index in [2.05, 4.69) is 92.4 Å². The van der Waals surface area contributed by atoms with Gasteiger partial charge in [0.2, 0.25) is 10.3 Å². The summed E-state index contributed by atoms with van der Waals surface area (Å²) in [6, 6.07) is 15.0. The molecule has 1 fully saturated rings. The van der Waals surface area contributed by atoms with Gasteiger partial charge in [-0.05, 0) is 36.6 Å². The van der Waals surface area contributed by atoms with Gasteiger partial charge in [0.25, 0.3) is 0 Å². The van der Waals surface area contributed by atoms with E-state index < -0.39 is 0 Å². The minimum absolute atomic E-state index is 0.725. The molecule has 30 heavy (non-hydrogen) atoms. The van der Waals surface area contributed by atoms with E-state index in [1.54, 1.807) is 11.3 Å². The summed E-state index contributed by atoms with van der Waals surface area (Å²) in [5.41, 5.74) is 2.61. The van der Waals surface area contributed by atoms with Gasteiger partial charge in [0.05, 0.1) is 0 Å². The number of nitrogens with one attached hydrogen (secondary N) is 1. The molecule has 0 radical (unpaired) electrons. The third kappa shape index (κ3) is 5.47. The molecule has 0 unspecified atom stereocenters. The van der Waals surface area contributed by atoms with Crippen molar-refractivity contribution in [3.63, 3.8) is 0 Å². The van der Waals surface area contributed by atoms with Crippen molar-refractivity contribution in [2.45, 2.75) is 33.4 Å². The van der Waals surface area contributed by atoms with Gasteiger partial charge < -0.3 is 10.2 Å². The lowest BCUT2D eigenvalue weighted by Crippen LogP contribution is -2.45. The van der Waals surface area contributed by atoms with Gasteiger partial charge in [-0.25, -0.2) is 0 Å². The van der Waals surface area contributed by atoms with Crippen LogP contribution in [0.4, 0.5) is 5.13 Å². The normalized spacial score (nSPS) is 15.2. The molecule has 0 atom stereocenters. The quantitative estimate of drug-likeness (QED) is 0.530. The van der Waals surface area contributed by atoms with Crippen LogP contribution in [0.5, 0.6) is 0 Å². The minimum atomic E-state index is 0.725. The first-order valence-corrected chi connectivity index (χ1v) is 11.7. The van der Waals surface area contributed by atoms with E-state index in [-0.39, 0.29) is 0 Å². The van der Waals surface area contributed by atoms with Crippen LogP contribution in [-0.4, -0.2) is 52.4 Å². The fourth-order valence-electron chi connectivity index (χ4n) is 3.73. The third-order valence-corrected chi connectivity index (χ3v) is 6.52. The van der Waals surface area contributed by atoms with Gasteiger partial charge in [-0.1, -0.05) is 55.5 Å². The molecule has 0 amide bonds. The number of piperazine rings is 1. The second kappa shape index (κ2) is 10.2. The van der Waals surface area contributed by atoms with Crippen molar-refractivity contribution in [2.24, 2.45) is 5.92 Å². The zero-order chi connectivity index (χ0) is 20.8.